The smallest absolute Gasteiger partial charge is 0.263 e. The van der Waals surface area contributed by atoms with Crippen molar-refractivity contribution in [3.63, 3.8) is 0 Å². The number of carbonyl (C=O) groups excluding carboxylic acids is 1. The molecule has 2 aromatic carbocycles. The lowest BCUT2D eigenvalue weighted by atomic mass is 10.0. The van der Waals surface area contributed by atoms with Gasteiger partial charge in [-0.1, -0.05) is 46.3 Å². The second-order valence-corrected chi connectivity index (χ2v) is 6.73. The van der Waals surface area contributed by atoms with Crippen molar-refractivity contribution in [1.82, 2.24) is 4.90 Å². The lowest BCUT2D eigenvalue weighted by Crippen LogP contribution is -2.40. The average Bonchev–Trinajstić information content (AvgIpc) is 3.06. The summed E-state index contributed by atoms with van der Waals surface area (Å²) in [6.07, 6.45) is 1.57. The van der Waals surface area contributed by atoms with Gasteiger partial charge in [-0.05, 0) is 49.6 Å². The van der Waals surface area contributed by atoms with Crippen molar-refractivity contribution in [2.24, 2.45) is 0 Å². The van der Waals surface area contributed by atoms with Crippen LogP contribution >= 0.6 is 15.9 Å². The van der Waals surface area contributed by atoms with E-state index in [4.69, 9.17) is 4.74 Å². The monoisotopic (exact) mass is 373 g/mol. The van der Waals surface area contributed by atoms with Gasteiger partial charge in [0.2, 0.25) is 0 Å². The van der Waals surface area contributed by atoms with Gasteiger partial charge in [-0.2, -0.15) is 0 Å². The van der Waals surface area contributed by atoms with Crippen LogP contribution in [0.25, 0.3) is 0 Å². The summed E-state index contributed by atoms with van der Waals surface area (Å²) >= 11 is 3.40. The summed E-state index contributed by atoms with van der Waals surface area (Å²) in [6, 6.07) is 18.0. The quantitative estimate of drug-likeness (QED) is 0.784. The van der Waals surface area contributed by atoms with Crippen LogP contribution < -0.4 is 4.74 Å². The molecule has 2 atom stereocenters. The zero-order chi connectivity index (χ0) is 16.2. The van der Waals surface area contributed by atoms with Crippen molar-refractivity contribution in [3.05, 3.63) is 64.6 Å². The van der Waals surface area contributed by atoms with Gasteiger partial charge in [0.1, 0.15) is 5.75 Å². The highest BCUT2D eigenvalue weighted by molar-refractivity contribution is 9.10. The van der Waals surface area contributed by atoms with E-state index >= 15 is 0 Å². The van der Waals surface area contributed by atoms with Crippen LogP contribution in [0.15, 0.2) is 59.1 Å². The Hall–Kier alpha value is -1.81. The zero-order valence-corrected chi connectivity index (χ0v) is 14.7. The first kappa shape index (κ1) is 16.1. The normalized spacial score (nSPS) is 18.7. The largest absolute Gasteiger partial charge is 0.481 e. The van der Waals surface area contributed by atoms with Crippen LogP contribution in [0.2, 0.25) is 0 Å². The second kappa shape index (κ2) is 7.18. The minimum atomic E-state index is -0.486. The van der Waals surface area contributed by atoms with Gasteiger partial charge in [0, 0.05) is 11.0 Å². The molecule has 1 aliphatic rings. The predicted octanol–water partition coefficient (Wildman–Crippen LogP) is 4.58. The van der Waals surface area contributed by atoms with Gasteiger partial charge in [0.05, 0.1) is 6.04 Å². The van der Waals surface area contributed by atoms with Gasteiger partial charge in [-0.3, -0.25) is 4.79 Å². The maximum absolute atomic E-state index is 12.8. The number of amides is 1. The molecule has 0 N–H and O–H groups in total. The van der Waals surface area contributed by atoms with E-state index in [1.165, 1.54) is 5.56 Å². The van der Waals surface area contributed by atoms with E-state index in [1.807, 2.05) is 54.3 Å². The van der Waals surface area contributed by atoms with E-state index in [1.54, 1.807) is 0 Å². The van der Waals surface area contributed by atoms with E-state index in [0.29, 0.717) is 5.75 Å². The molecule has 0 unspecified atom stereocenters. The van der Waals surface area contributed by atoms with Gasteiger partial charge in [-0.15, -0.1) is 0 Å². The Morgan fingerprint density at radius 1 is 1.17 bits per heavy atom. The van der Waals surface area contributed by atoms with Crippen molar-refractivity contribution in [1.29, 1.82) is 0 Å². The molecular formula is C19H20BrNO2. The number of hydrogen-bond acceptors (Lipinski definition) is 2. The first-order valence-electron chi connectivity index (χ1n) is 7.93. The molecule has 3 nitrogen and oxygen atoms in total. The highest BCUT2D eigenvalue weighted by atomic mass is 79.9. The molecule has 0 aliphatic carbocycles. The Morgan fingerprint density at radius 2 is 1.87 bits per heavy atom. The lowest BCUT2D eigenvalue weighted by Gasteiger charge is -2.28. The predicted molar refractivity (Wildman–Crippen MR) is 94.4 cm³/mol. The van der Waals surface area contributed by atoms with Crippen LogP contribution in [-0.2, 0) is 4.79 Å². The van der Waals surface area contributed by atoms with Gasteiger partial charge >= 0.3 is 0 Å². The molecule has 1 aliphatic heterocycles. The number of rotatable bonds is 4. The van der Waals surface area contributed by atoms with Gasteiger partial charge < -0.3 is 9.64 Å². The van der Waals surface area contributed by atoms with Crippen LogP contribution in [0, 0.1) is 0 Å². The summed E-state index contributed by atoms with van der Waals surface area (Å²) in [4.78, 5) is 14.7. The summed E-state index contributed by atoms with van der Waals surface area (Å²) < 4.78 is 6.81. The van der Waals surface area contributed by atoms with Crippen molar-refractivity contribution >= 4 is 21.8 Å². The van der Waals surface area contributed by atoms with Gasteiger partial charge in [-0.25, -0.2) is 0 Å². The molecule has 1 saturated heterocycles. The van der Waals surface area contributed by atoms with Gasteiger partial charge in [0.15, 0.2) is 6.10 Å². The molecule has 120 valence electrons. The average molecular weight is 374 g/mol. The molecule has 0 saturated carbocycles. The van der Waals surface area contributed by atoms with Crippen molar-refractivity contribution < 1.29 is 9.53 Å². The van der Waals surface area contributed by atoms with E-state index in [0.717, 1.165) is 23.9 Å². The number of benzene rings is 2. The maximum atomic E-state index is 12.8. The maximum Gasteiger partial charge on any atom is 0.263 e. The van der Waals surface area contributed by atoms with Crippen molar-refractivity contribution in [2.75, 3.05) is 6.54 Å². The standard InChI is InChI=1S/C19H20BrNO2/c1-14(23-17-11-9-16(20)10-12-17)19(22)21-13-5-8-18(21)15-6-3-2-4-7-15/h2-4,6-7,9-12,14,18H,5,8,13H2,1H3/t14-,18-/m1/s1. The first-order valence-corrected chi connectivity index (χ1v) is 8.72. The third-order valence-electron chi connectivity index (χ3n) is 4.19. The number of nitrogens with zero attached hydrogens (tertiary/aromatic N) is 1. The van der Waals surface area contributed by atoms with Gasteiger partial charge in [0.25, 0.3) is 5.91 Å². The minimum Gasteiger partial charge on any atom is -0.481 e. The molecule has 2 aromatic rings. The van der Waals surface area contributed by atoms with E-state index < -0.39 is 6.10 Å². The fourth-order valence-corrected chi connectivity index (χ4v) is 3.32. The molecule has 0 spiro atoms. The minimum absolute atomic E-state index is 0.0549. The summed E-state index contributed by atoms with van der Waals surface area (Å²) in [5.74, 6) is 0.767. The lowest BCUT2D eigenvalue weighted by molar-refractivity contribution is -0.138. The molecule has 0 bridgehead atoms. The number of likely N-dealkylation sites (tertiary alicyclic amines) is 1. The first-order chi connectivity index (χ1) is 11.1. The zero-order valence-electron chi connectivity index (χ0n) is 13.1. The molecule has 1 amide bonds. The summed E-state index contributed by atoms with van der Waals surface area (Å²) in [5.41, 5.74) is 1.20. The van der Waals surface area contributed by atoms with Crippen LogP contribution in [0.4, 0.5) is 0 Å². The summed E-state index contributed by atoms with van der Waals surface area (Å²) in [7, 11) is 0. The van der Waals surface area contributed by atoms with E-state index in [2.05, 4.69) is 28.1 Å². The Morgan fingerprint density at radius 3 is 2.57 bits per heavy atom. The van der Waals surface area contributed by atoms with Crippen LogP contribution in [0.3, 0.4) is 0 Å². The topological polar surface area (TPSA) is 29.5 Å². The molecule has 23 heavy (non-hydrogen) atoms. The Balaban J connectivity index is 1.70. The second-order valence-electron chi connectivity index (χ2n) is 5.81. The van der Waals surface area contributed by atoms with E-state index in [-0.39, 0.29) is 11.9 Å². The third kappa shape index (κ3) is 3.75. The molecule has 4 heteroatoms. The molecule has 1 heterocycles. The Labute approximate surface area is 145 Å². The fraction of sp³-hybridized carbons (Fsp3) is 0.316. The number of hydrogen-bond donors (Lipinski definition) is 0. The molecule has 0 radical (unpaired) electrons. The van der Waals surface area contributed by atoms with E-state index in [9.17, 15) is 4.79 Å². The van der Waals surface area contributed by atoms with Crippen molar-refractivity contribution in [3.8, 4) is 5.75 Å². The van der Waals surface area contributed by atoms with Crippen LogP contribution in [0.5, 0.6) is 5.75 Å². The summed E-state index contributed by atoms with van der Waals surface area (Å²) in [6.45, 7) is 2.62. The Bertz CT molecular complexity index is 657. The highest BCUT2D eigenvalue weighted by Crippen LogP contribution is 2.32. The molecule has 3 rings (SSSR count). The number of ether oxygens (including phenoxy) is 1. The molecule has 1 fully saturated rings. The highest BCUT2D eigenvalue weighted by Gasteiger charge is 2.33. The number of carbonyl (C=O) groups is 1. The molecular weight excluding hydrogens is 354 g/mol. The summed E-state index contributed by atoms with van der Waals surface area (Å²) in [5, 5.41) is 0. The third-order valence-corrected chi connectivity index (χ3v) is 4.72. The SMILES string of the molecule is C[C@@H](Oc1ccc(Br)cc1)C(=O)N1CCC[C@@H]1c1ccccc1. The van der Waals surface area contributed by atoms with Crippen LogP contribution in [-0.4, -0.2) is 23.5 Å². The molecule has 0 aromatic heterocycles. The van der Waals surface area contributed by atoms with Crippen molar-refractivity contribution in [2.45, 2.75) is 31.9 Å². The van der Waals surface area contributed by atoms with Crippen LogP contribution in [0.1, 0.15) is 31.4 Å². The fourth-order valence-electron chi connectivity index (χ4n) is 3.05. The number of halogens is 1. The Kier molecular flexibility index (Phi) is 5.01.